The van der Waals surface area contributed by atoms with Gasteiger partial charge in [-0.25, -0.2) is 9.67 Å². The Morgan fingerprint density at radius 1 is 0.913 bits per heavy atom. The number of rotatable bonds is 2. The molecule has 0 atom stereocenters. The maximum absolute atomic E-state index is 12.4. The quantitative estimate of drug-likeness (QED) is 0.579. The van der Waals surface area contributed by atoms with E-state index < -0.39 is 0 Å². The first-order valence-corrected chi connectivity index (χ1v) is 7.25. The summed E-state index contributed by atoms with van der Waals surface area (Å²) in [7, 11) is 0. The van der Waals surface area contributed by atoms with Crippen LogP contribution in [0.1, 0.15) is 0 Å². The number of nitrogen functional groups attached to an aromatic ring is 1. The van der Waals surface area contributed by atoms with Crippen LogP contribution in [0.3, 0.4) is 0 Å². The number of anilines is 1. The number of hydrogen-bond acceptors (Lipinski definition) is 3. The van der Waals surface area contributed by atoms with Gasteiger partial charge < -0.3 is 5.73 Å². The predicted octanol–water partition coefficient (Wildman–Crippen LogP) is 2.73. The van der Waals surface area contributed by atoms with Crippen molar-refractivity contribution in [1.29, 1.82) is 0 Å². The van der Waals surface area contributed by atoms with Crippen LogP contribution in [0.25, 0.3) is 22.6 Å². The van der Waals surface area contributed by atoms with Gasteiger partial charge in [0.25, 0.3) is 5.56 Å². The molecule has 2 heterocycles. The summed E-state index contributed by atoms with van der Waals surface area (Å²) in [6.45, 7) is 0. The molecule has 0 spiro atoms. The number of aromatic nitrogens is 3. The minimum Gasteiger partial charge on any atom is -0.399 e. The molecule has 0 bridgehead atoms. The van der Waals surface area contributed by atoms with E-state index in [9.17, 15) is 4.79 Å². The summed E-state index contributed by atoms with van der Waals surface area (Å²) >= 11 is 0. The van der Waals surface area contributed by atoms with Crippen LogP contribution in [0.15, 0.2) is 77.7 Å². The fraction of sp³-hybridized carbons (Fsp3) is 0. The van der Waals surface area contributed by atoms with Crippen molar-refractivity contribution in [2.24, 2.45) is 0 Å². The molecular formula is C18H14N4O. The molecule has 4 rings (SSSR count). The van der Waals surface area contributed by atoms with E-state index in [1.807, 2.05) is 65.3 Å². The molecule has 2 aromatic heterocycles. The van der Waals surface area contributed by atoms with E-state index in [0.717, 1.165) is 16.9 Å². The summed E-state index contributed by atoms with van der Waals surface area (Å²) in [5.41, 5.74) is 9.69. The lowest BCUT2D eigenvalue weighted by molar-refractivity contribution is 0.770. The maximum atomic E-state index is 12.4. The summed E-state index contributed by atoms with van der Waals surface area (Å²) in [5, 5.41) is 0. The lowest BCUT2D eigenvalue weighted by Crippen LogP contribution is -2.19. The zero-order valence-corrected chi connectivity index (χ0v) is 12.3. The highest BCUT2D eigenvalue weighted by Gasteiger charge is 2.13. The molecule has 2 N–H and O–H groups in total. The number of benzene rings is 2. The van der Waals surface area contributed by atoms with Crippen LogP contribution >= 0.6 is 0 Å². The first kappa shape index (κ1) is 13.3. The highest BCUT2D eigenvalue weighted by Crippen LogP contribution is 2.25. The molecule has 0 aliphatic carbocycles. The van der Waals surface area contributed by atoms with Crippen molar-refractivity contribution in [1.82, 2.24) is 14.2 Å². The number of nitrogens with zero attached hydrogens (tertiary/aromatic N) is 3. The monoisotopic (exact) mass is 302 g/mol. The number of nitrogens with two attached hydrogens (primary N) is 1. The van der Waals surface area contributed by atoms with E-state index >= 15 is 0 Å². The normalized spacial score (nSPS) is 11.0. The second-order valence-electron chi connectivity index (χ2n) is 5.25. The first-order valence-electron chi connectivity index (χ1n) is 7.25. The van der Waals surface area contributed by atoms with Crippen molar-refractivity contribution in [2.45, 2.75) is 0 Å². The highest BCUT2D eigenvalue weighted by atomic mass is 16.1. The Morgan fingerprint density at radius 2 is 1.65 bits per heavy atom. The van der Waals surface area contributed by atoms with E-state index in [2.05, 4.69) is 4.98 Å². The van der Waals surface area contributed by atoms with Gasteiger partial charge in [0.15, 0.2) is 5.65 Å². The molecular weight excluding hydrogens is 288 g/mol. The highest BCUT2D eigenvalue weighted by molar-refractivity contribution is 5.67. The van der Waals surface area contributed by atoms with Crippen LogP contribution in [0.2, 0.25) is 0 Å². The fourth-order valence-corrected chi connectivity index (χ4v) is 2.69. The molecule has 23 heavy (non-hydrogen) atoms. The van der Waals surface area contributed by atoms with Crippen LogP contribution in [-0.4, -0.2) is 14.2 Å². The van der Waals surface area contributed by atoms with Gasteiger partial charge in [-0.3, -0.25) is 4.79 Å². The Balaban J connectivity index is 2.11. The second-order valence-corrected chi connectivity index (χ2v) is 5.25. The van der Waals surface area contributed by atoms with Gasteiger partial charge in [-0.2, -0.15) is 4.52 Å². The number of hydrogen-bond donors (Lipinski definition) is 1. The predicted molar refractivity (Wildman–Crippen MR) is 90.6 cm³/mol. The smallest absolute Gasteiger partial charge is 0.273 e. The molecule has 0 aliphatic rings. The second kappa shape index (κ2) is 5.14. The molecule has 0 amide bonds. The van der Waals surface area contributed by atoms with Gasteiger partial charge in [0.1, 0.15) is 0 Å². The van der Waals surface area contributed by atoms with E-state index in [1.165, 1.54) is 12.3 Å². The largest absolute Gasteiger partial charge is 0.399 e. The third-order valence-corrected chi connectivity index (χ3v) is 3.75. The first-order chi connectivity index (χ1) is 11.2. The average molecular weight is 302 g/mol. The fourth-order valence-electron chi connectivity index (χ4n) is 2.69. The van der Waals surface area contributed by atoms with Crippen molar-refractivity contribution in [2.75, 3.05) is 5.73 Å². The van der Waals surface area contributed by atoms with Gasteiger partial charge in [0.05, 0.1) is 11.4 Å². The van der Waals surface area contributed by atoms with E-state index in [0.29, 0.717) is 11.3 Å². The zero-order chi connectivity index (χ0) is 15.8. The molecule has 2 aromatic carbocycles. The summed E-state index contributed by atoms with van der Waals surface area (Å²) in [6.07, 6.45) is 1.53. The zero-order valence-electron chi connectivity index (χ0n) is 12.3. The molecule has 0 radical (unpaired) electrons. The van der Waals surface area contributed by atoms with Crippen molar-refractivity contribution >= 4 is 11.3 Å². The topological polar surface area (TPSA) is 65.3 Å². The van der Waals surface area contributed by atoms with E-state index in [1.54, 1.807) is 4.52 Å². The van der Waals surface area contributed by atoms with Crippen LogP contribution in [0.5, 0.6) is 0 Å². The summed E-state index contributed by atoms with van der Waals surface area (Å²) in [4.78, 5) is 16.7. The number of fused-ring (bicyclic) bond motifs is 1. The van der Waals surface area contributed by atoms with Crippen LogP contribution in [0, 0.1) is 0 Å². The van der Waals surface area contributed by atoms with Crippen LogP contribution in [0.4, 0.5) is 5.69 Å². The maximum Gasteiger partial charge on any atom is 0.273 e. The lowest BCUT2D eigenvalue weighted by atomic mass is 10.1. The third kappa shape index (κ3) is 2.19. The molecule has 0 fully saturated rings. The summed E-state index contributed by atoms with van der Waals surface area (Å²) in [6, 6.07) is 20.7. The van der Waals surface area contributed by atoms with E-state index in [4.69, 9.17) is 5.73 Å². The Labute approximate surface area is 132 Å². The average Bonchev–Trinajstić information content (AvgIpc) is 2.97. The third-order valence-electron chi connectivity index (χ3n) is 3.75. The van der Waals surface area contributed by atoms with E-state index in [-0.39, 0.29) is 5.56 Å². The molecule has 112 valence electrons. The molecule has 0 saturated heterocycles. The van der Waals surface area contributed by atoms with Gasteiger partial charge in [-0.15, -0.1) is 0 Å². The molecule has 0 aliphatic heterocycles. The molecule has 5 heteroatoms. The Morgan fingerprint density at radius 3 is 2.39 bits per heavy atom. The van der Waals surface area contributed by atoms with Crippen molar-refractivity contribution in [3.8, 4) is 16.9 Å². The molecule has 0 unspecified atom stereocenters. The van der Waals surface area contributed by atoms with Crippen molar-refractivity contribution in [3.63, 3.8) is 0 Å². The summed E-state index contributed by atoms with van der Waals surface area (Å²) in [5.74, 6) is 0. The van der Waals surface area contributed by atoms with Gasteiger partial charge in [0, 0.05) is 29.6 Å². The Kier molecular flexibility index (Phi) is 2.98. The van der Waals surface area contributed by atoms with Crippen LogP contribution < -0.4 is 11.3 Å². The van der Waals surface area contributed by atoms with Crippen molar-refractivity contribution in [3.05, 3.63) is 83.3 Å². The molecule has 5 nitrogen and oxygen atoms in total. The molecule has 0 saturated carbocycles. The van der Waals surface area contributed by atoms with Gasteiger partial charge in [-0.05, 0) is 24.3 Å². The minimum atomic E-state index is -0.131. The Hall–Kier alpha value is -3.34. The van der Waals surface area contributed by atoms with Crippen molar-refractivity contribution < 1.29 is 0 Å². The van der Waals surface area contributed by atoms with Gasteiger partial charge >= 0.3 is 0 Å². The SMILES string of the molecule is Nc1ccc(-n2c(-c3ccccc3)cc3nccc(=O)n32)cc1. The van der Waals surface area contributed by atoms with Gasteiger partial charge in [0.2, 0.25) is 0 Å². The minimum absolute atomic E-state index is 0.131. The lowest BCUT2D eigenvalue weighted by Gasteiger charge is -2.11. The van der Waals surface area contributed by atoms with Crippen LogP contribution in [-0.2, 0) is 0 Å². The Bertz CT molecular complexity index is 1030. The standard InChI is InChI=1S/C18H14N4O/c19-14-6-8-15(9-7-14)21-16(13-4-2-1-3-5-13)12-17-20-11-10-18(23)22(17)21/h1-12H,19H2. The summed E-state index contributed by atoms with van der Waals surface area (Å²) < 4.78 is 3.42. The van der Waals surface area contributed by atoms with Gasteiger partial charge in [-0.1, -0.05) is 30.3 Å². The molecule has 4 aromatic rings.